The van der Waals surface area contributed by atoms with Gasteiger partial charge >= 0.3 is 0 Å². The van der Waals surface area contributed by atoms with Crippen LogP contribution in [0.1, 0.15) is 39.5 Å². The second-order valence-electron chi connectivity index (χ2n) is 5.14. The first kappa shape index (κ1) is 12.8. The molecule has 2 unspecified atom stereocenters. The molecule has 0 aromatic rings. The van der Waals surface area contributed by atoms with Crippen LogP contribution in [0.25, 0.3) is 0 Å². The standard InChI is InChI=1S/C12H24N.HI/c1-3-13(4-2)9-11-7-5-6-8-12(11)10-13;/h11-12H,3-10H2,1-2H3;1H/q+1;/p-1. The zero-order valence-electron chi connectivity index (χ0n) is 9.64. The van der Waals surface area contributed by atoms with Crippen molar-refractivity contribution in [3.05, 3.63) is 0 Å². The van der Waals surface area contributed by atoms with Crippen LogP contribution in [0.2, 0.25) is 0 Å². The van der Waals surface area contributed by atoms with E-state index < -0.39 is 0 Å². The number of fused-ring (bicyclic) bond motifs is 1. The number of likely N-dealkylation sites (tertiary alicyclic amines) is 1. The third kappa shape index (κ3) is 2.26. The van der Waals surface area contributed by atoms with Crippen LogP contribution in [-0.4, -0.2) is 30.7 Å². The van der Waals surface area contributed by atoms with Gasteiger partial charge in [0.1, 0.15) is 0 Å². The van der Waals surface area contributed by atoms with Gasteiger partial charge in [-0.3, -0.25) is 0 Å². The van der Waals surface area contributed by atoms with Crippen LogP contribution < -0.4 is 24.0 Å². The van der Waals surface area contributed by atoms with Crippen molar-refractivity contribution in [2.24, 2.45) is 11.8 Å². The van der Waals surface area contributed by atoms with Gasteiger partial charge in [-0.15, -0.1) is 0 Å². The van der Waals surface area contributed by atoms with Gasteiger partial charge in [-0.25, -0.2) is 0 Å². The zero-order valence-corrected chi connectivity index (χ0v) is 11.8. The van der Waals surface area contributed by atoms with E-state index in [0.717, 1.165) is 11.8 Å². The van der Waals surface area contributed by atoms with Gasteiger partial charge in [0.05, 0.1) is 26.2 Å². The van der Waals surface area contributed by atoms with Crippen molar-refractivity contribution in [1.82, 2.24) is 0 Å². The van der Waals surface area contributed by atoms with E-state index in [1.54, 1.807) is 0 Å². The molecule has 0 bridgehead atoms. The second-order valence-corrected chi connectivity index (χ2v) is 5.14. The summed E-state index contributed by atoms with van der Waals surface area (Å²) in [6.45, 7) is 10.5. The molecule has 0 N–H and O–H groups in total. The molecule has 1 aliphatic carbocycles. The Bertz CT molecular complexity index is 161. The van der Waals surface area contributed by atoms with Gasteiger partial charge in [0.25, 0.3) is 0 Å². The van der Waals surface area contributed by atoms with Gasteiger partial charge in [0.15, 0.2) is 0 Å². The maximum Gasteiger partial charge on any atom is 0.0820 e. The van der Waals surface area contributed by atoms with Crippen LogP contribution in [0.3, 0.4) is 0 Å². The summed E-state index contributed by atoms with van der Waals surface area (Å²) in [4.78, 5) is 0. The monoisotopic (exact) mass is 309 g/mol. The first-order chi connectivity index (χ1) is 6.29. The van der Waals surface area contributed by atoms with Crippen molar-refractivity contribution in [1.29, 1.82) is 0 Å². The smallest absolute Gasteiger partial charge is 0.0820 e. The third-order valence-corrected chi connectivity index (χ3v) is 4.65. The molecule has 2 fully saturated rings. The van der Waals surface area contributed by atoms with Crippen LogP contribution >= 0.6 is 0 Å². The van der Waals surface area contributed by atoms with Crippen molar-refractivity contribution < 1.29 is 28.5 Å². The van der Waals surface area contributed by atoms with Gasteiger partial charge in [0.2, 0.25) is 0 Å². The van der Waals surface area contributed by atoms with E-state index in [9.17, 15) is 0 Å². The molecular weight excluding hydrogens is 285 g/mol. The van der Waals surface area contributed by atoms with Crippen molar-refractivity contribution in [3.63, 3.8) is 0 Å². The lowest BCUT2D eigenvalue weighted by Crippen LogP contribution is -3.00. The molecule has 14 heavy (non-hydrogen) atoms. The fourth-order valence-corrected chi connectivity index (χ4v) is 3.57. The Kier molecular flexibility index (Phi) is 4.69. The fourth-order valence-electron chi connectivity index (χ4n) is 3.57. The van der Waals surface area contributed by atoms with Crippen LogP contribution in [0.5, 0.6) is 0 Å². The summed E-state index contributed by atoms with van der Waals surface area (Å²) in [6.07, 6.45) is 6.08. The quantitative estimate of drug-likeness (QED) is 0.484. The lowest BCUT2D eigenvalue weighted by Gasteiger charge is -2.32. The van der Waals surface area contributed by atoms with E-state index in [1.807, 2.05) is 0 Å². The summed E-state index contributed by atoms with van der Waals surface area (Å²) in [5.74, 6) is 2.18. The van der Waals surface area contributed by atoms with E-state index in [1.165, 1.54) is 56.3 Å². The predicted molar refractivity (Wildman–Crippen MR) is 56.5 cm³/mol. The molecule has 2 rings (SSSR count). The lowest BCUT2D eigenvalue weighted by atomic mass is 9.82. The Morgan fingerprint density at radius 2 is 1.36 bits per heavy atom. The Morgan fingerprint density at radius 3 is 1.71 bits per heavy atom. The summed E-state index contributed by atoms with van der Waals surface area (Å²) >= 11 is 0. The largest absolute Gasteiger partial charge is 1.00 e. The molecule has 0 aromatic heterocycles. The summed E-state index contributed by atoms with van der Waals surface area (Å²) in [6, 6.07) is 0. The summed E-state index contributed by atoms with van der Waals surface area (Å²) in [5.41, 5.74) is 0. The average molecular weight is 309 g/mol. The maximum absolute atomic E-state index is 2.38. The first-order valence-corrected chi connectivity index (χ1v) is 6.15. The van der Waals surface area contributed by atoms with Gasteiger partial charge in [0, 0.05) is 11.8 Å². The molecule has 2 heteroatoms. The van der Waals surface area contributed by atoms with E-state index in [4.69, 9.17) is 0 Å². The van der Waals surface area contributed by atoms with E-state index in [2.05, 4.69) is 13.8 Å². The molecule has 84 valence electrons. The predicted octanol–water partition coefficient (Wildman–Crippen LogP) is -0.333. The molecule has 1 saturated heterocycles. The minimum atomic E-state index is 0. The number of hydrogen-bond acceptors (Lipinski definition) is 0. The Hall–Kier alpha value is 0.690. The first-order valence-electron chi connectivity index (χ1n) is 6.15. The maximum atomic E-state index is 2.38. The van der Waals surface area contributed by atoms with Gasteiger partial charge in [-0.05, 0) is 26.7 Å². The van der Waals surface area contributed by atoms with Crippen molar-refractivity contribution in [2.75, 3.05) is 26.2 Å². The van der Waals surface area contributed by atoms with Crippen LogP contribution in [0.15, 0.2) is 0 Å². The highest BCUT2D eigenvalue weighted by molar-refractivity contribution is 4.80. The topological polar surface area (TPSA) is 0 Å². The average Bonchev–Trinajstić information content (AvgIpc) is 2.57. The summed E-state index contributed by atoms with van der Waals surface area (Å²) < 4.78 is 1.43. The molecule has 2 aliphatic rings. The number of nitrogens with zero attached hydrogens (tertiary/aromatic N) is 1. The van der Waals surface area contributed by atoms with Crippen molar-refractivity contribution in [2.45, 2.75) is 39.5 Å². The molecule has 0 aromatic carbocycles. The highest BCUT2D eigenvalue weighted by atomic mass is 127. The molecule has 1 heterocycles. The Morgan fingerprint density at radius 1 is 0.929 bits per heavy atom. The fraction of sp³-hybridized carbons (Fsp3) is 1.00. The molecule has 1 aliphatic heterocycles. The lowest BCUT2D eigenvalue weighted by molar-refractivity contribution is -0.916. The summed E-state index contributed by atoms with van der Waals surface area (Å²) in [7, 11) is 0. The van der Waals surface area contributed by atoms with Crippen molar-refractivity contribution in [3.8, 4) is 0 Å². The molecule has 2 atom stereocenters. The molecule has 0 radical (unpaired) electrons. The van der Waals surface area contributed by atoms with Gasteiger partial charge < -0.3 is 28.5 Å². The number of halogens is 1. The van der Waals surface area contributed by atoms with E-state index >= 15 is 0 Å². The molecule has 1 nitrogen and oxygen atoms in total. The molecule has 1 saturated carbocycles. The molecular formula is C12H24IN. The van der Waals surface area contributed by atoms with Crippen LogP contribution in [-0.2, 0) is 0 Å². The highest BCUT2D eigenvalue weighted by Crippen LogP contribution is 2.39. The third-order valence-electron chi connectivity index (χ3n) is 4.65. The minimum absolute atomic E-state index is 0. The van der Waals surface area contributed by atoms with E-state index in [-0.39, 0.29) is 24.0 Å². The Balaban J connectivity index is 0.000000980. The number of quaternary nitrogens is 1. The Labute approximate surface area is 106 Å². The van der Waals surface area contributed by atoms with E-state index in [0.29, 0.717) is 0 Å². The SMILES string of the molecule is CC[N+]1(CC)CC2CCCCC2C1.[I-]. The normalized spacial score (nSPS) is 34.7. The summed E-state index contributed by atoms with van der Waals surface area (Å²) in [5, 5.41) is 0. The number of rotatable bonds is 2. The van der Waals surface area contributed by atoms with Gasteiger partial charge in [-0.1, -0.05) is 12.8 Å². The van der Waals surface area contributed by atoms with Gasteiger partial charge in [-0.2, -0.15) is 0 Å². The zero-order chi connectivity index (χ0) is 9.31. The van der Waals surface area contributed by atoms with Crippen molar-refractivity contribution >= 4 is 0 Å². The minimum Gasteiger partial charge on any atom is -1.00 e. The number of hydrogen-bond donors (Lipinski definition) is 0. The van der Waals surface area contributed by atoms with Crippen LogP contribution in [0, 0.1) is 11.8 Å². The molecule has 0 amide bonds. The molecule has 0 spiro atoms. The second kappa shape index (κ2) is 5.15. The van der Waals surface area contributed by atoms with Crippen LogP contribution in [0.4, 0.5) is 0 Å². The highest BCUT2D eigenvalue weighted by Gasteiger charge is 2.43.